The van der Waals surface area contributed by atoms with Crippen LogP contribution in [0.15, 0.2) is 61.1 Å². The van der Waals surface area contributed by atoms with Crippen molar-refractivity contribution in [3.8, 4) is 11.5 Å². The number of nitrogens with two attached hydrogens (primary N) is 1. The van der Waals surface area contributed by atoms with Crippen LogP contribution in [0.4, 0.5) is 22.0 Å². The highest BCUT2D eigenvalue weighted by Gasteiger charge is 2.31. The zero-order valence-corrected chi connectivity index (χ0v) is 24.4. The average molecular weight is 593 g/mol. The molecule has 0 saturated carbocycles. The second-order valence-corrected chi connectivity index (χ2v) is 11.1. The lowest BCUT2D eigenvalue weighted by atomic mass is 10.2. The zero-order chi connectivity index (χ0) is 29.7. The van der Waals surface area contributed by atoms with E-state index in [-0.39, 0.29) is 12.6 Å². The van der Waals surface area contributed by atoms with Gasteiger partial charge in [-0.05, 0) is 57.2 Å². The van der Waals surface area contributed by atoms with E-state index in [1.165, 1.54) is 6.33 Å². The number of nitrogens with zero attached hydrogens (tertiary/aromatic N) is 4. The van der Waals surface area contributed by atoms with Gasteiger partial charge in [0, 0.05) is 29.9 Å². The molecule has 1 aliphatic heterocycles. The Hall–Kier alpha value is -4.35. The Labute approximate surface area is 248 Å². The molecule has 1 fully saturated rings. The van der Waals surface area contributed by atoms with Gasteiger partial charge in [-0.1, -0.05) is 17.7 Å². The topological polar surface area (TPSA) is 134 Å². The maximum atomic E-state index is 12.7. The van der Waals surface area contributed by atoms with Crippen molar-refractivity contribution >= 4 is 45.8 Å². The van der Waals surface area contributed by atoms with E-state index in [9.17, 15) is 4.79 Å². The van der Waals surface area contributed by atoms with Gasteiger partial charge in [-0.25, -0.2) is 14.8 Å². The molecule has 5 rings (SSSR count). The zero-order valence-electron chi connectivity index (χ0n) is 23.7. The minimum atomic E-state index is -0.601. The quantitative estimate of drug-likeness (QED) is 0.249. The molecule has 1 atom stereocenters. The Morgan fingerprint density at radius 3 is 2.74 bits per heavy atom. The fourth-order valence-electron chi connectivity index (χ4n) is 4.33. The minimum Gasteiger partial charge on any atom is -0.489 e. The molecule has 3 N–H and O–H groups in total. The molecule has 2 aromatic heterocycles. The molecule has 4 aromatic rings. The number of aromatic nitrogens is 3. The van der Waals surface area contributed by atoms with Crippen LogP contribution >= 0.6 is 11.6 Å². The van der Waals surface area contributed by atoms with E-state index in [0.29, 0.717) is 71.0 Å². The van der Waals surface area contributed by atoms with Gasteiger partial charge < -0.3 is 30.0 Å². The van der Waals surface area contributed by atoms with Gasteiger partial charge in [0.2, 0.25) is 0 Å². The first kappa shape index (κ1) is 29.2. The molecule has 0 radical (unpaired) electrons. The lowest BCUT2D eigenvalue weighted by Gasteiger charge is -2.36. The van der Waals surface area contributed by atoms with Gasteiger partial charge in [0.25, 0.3) is 0 Å². The lowest BCUT2D eigenvalue weighted by molar-refractivity contribution is -0.0417. The van der Waals surface area contributed by atoms with Crippen molar-refractivity contribution in [3.05, 3.63) is 71.8 Å². The van der Waals surface area contributed by atoms with Crippen LogP contribution in [0.25, 0.3) is 10.9 Å². The number of halogens is 1. The Kier molecular flexibility index (Phi) is 8.79. The molecule has 0 bridgehead atoms. The molecule has 3 heterocycles. The third-order valence-electron chi connectivity index (χ3n) is 6.35. The number of amides is 1. The summed E-state index contributed by atoms with van der Waals surface area (Å²) in [4.78, 5) is 27.4. The normalized spacial score (nSPS) is 15.3. The predicted octanol–water partition coefficient (Wildman–Crippen LogP) is 5.60. The highest BCUT2D eigenvalue weighted by molar-refractivity contribution is 6.32. The van der Waals surface area contributed by atoms with Gasteiger partial charge in [-0.3, -0.25) is 9.88 Å². The van der Waals surface area contributed by atoms with Crippen LogP contribution in [0.1, 0.15) is 26.5 Å². The SMILES string of the molecule is CC(C)(C)OC(=O)N1CCOCC1COc1cc2ncnc(Nc3ccc(OCc4ccccn4)c(Cl)c3)c2cc1N. The number of pyridine rings is 1. The summed E-state index contributed by atoms with van der Waals surface area (Å²) in [5, 5.41) is 4.42. The van der Waals surface area contributed by atoms with Gasteiger partial charge in [0.1, 0.15) is 42.5 Å². The fraction of sp³-hybridized carbons (Fsp3) is 0.333. The number of nitrogens with one attached hydrogen (secondary N) is 1. The number of hydrogen-bond acceptors (Lipinski definition) is 10. The molecule has 11 nitrogen and oxygen atoms in total. The molecular formula is C30H33ClN6O5. The monoisotopic (exact) mass is 592 g/mol. The number of nitrogen functional groups attached to an aromatic ring is 1. The third kappa shape index (κ3) is 7.29. The number of hydrogen-bond donors (Lipinski definition) is 2. The van der Waals surface area contributed by atoms with Crippen LogP contribution in [0.3, 0.4) is 0 Å². The van der Waals surface area contributed by atoms with E-state index in [1.807, 2.05) is 45.0 Å². The molecule has 42 heavy (non-hydrogen) atoms. The molecule has 0 spiro atoms. The van der Waals surface area contributed by atoms with Gasteiger partial charge in [0.15, 0.2) is 0 Å². The van der Waals surface area contributed by atoms with Crippen LogP contribution in [0, 0.1) is 0 Å². The first-order chi connectivity index (χ1) is 20.2. The Morgan fingerprint density at radius 1 is 1.12 bits per heavy atom. The van der Waals surface area contributed by atoms with Crippen molar-refractivity contribution < 1.29 is 23.7 Å². The standard InChI is InChI=1S/C30H33ClN6O5/c1-30(2,3)42-29(38)37-10-11-39-16-21(37)17-41-27-14-25-22(13-24(27)32)28(35-18-34-25)36-19-7-8-26(23(31)12-19)40-15-20-6-4-5-9-33-20/h4-9,12-14,18,21H,10-11,15-17,32H2,1-3H3,(H,34,35,36). The van der Waals surface area contributed by atoms with Crippen molar-refractivity contribution in [2.24, 2.45) is 0 Å². The van der Waals surface area contributed by atoms with Crippen molar-refractivity contribution in [1.29, 1.82) is 0 Å². The number of morpholine rings is 1. The van der Waals surface area contributed by atoms with E-state index >= 15 is 0 Å². The van der Waals surface area contributed by atoms with Gasteiger partial charge in [-0.15, -0.1) is 0 Å². The van der Waals surface area contributed by atoms with Gasteiger partial charge >= 0.3 is 6.09 Å². The molecule has 1 saturated heterocycles. The average Bonchev–Trinajstić information content (AvgIpc) is 2.96. The number of rotatable bonds is 8. The first-order valence-corrected chi connectivity index (χ1v) is 13.9. The maximum absolute atomic E-state index is 12.7. The van der Waals surface area contributed by atoms with Gasteiger partial charge in [-0.2, -0.15) is 0 Å². The number of carbonyl (C=O) groups is 1. The summed E-state index contributed by atoms with van der Waals surface area (Å²) >= 11 is 6.49. The smallest absolute Gasteiger partial charge is 0.410 e. The Balaban J connectivity index is 1.27. The van der Waals surface area contributed by atoms with E-state index in [2.05, 4.69) is 20.3 Å². The highest BCUT2D eigenvalue weighted by Crippen LogP contribution is 2.34. The summed E-state index contributed by atoms with van der Waals surface area (Å²) in [7, 11) is 0. The number of fused-ring (bicyclic) bond motifs is 1. The first-order valence-electron chi connectivity index (χ1n) is 13.5. The summed E-state index contributed by atoms with van der Waals surface area (Å²) in [6, 6.07) is 14.2. The summed E-state index contributed by atoms with van der Waals surface area (Å²) in [5.74, 6) is 1.53. The predicted molar refractivity (Wildman–Crippen MR) is 160 cm³/mol. The van der Waals surface area contributed by atoms with Gasteiger partial charge in [0.05, 0.1) is 41.2 Å². The van der Waals surface area contributed by atoms with Crippen LogP contribution in [-0.2, 0) is 16.1 Å². The number of carbonyl (C=O) groups excluding carboxylic acids is 1. The number of ether oxygens (including phenoxy) is 4. The van der Waals surface area contributed by atoms with E-state index in [4.69, 9.17) is 36.3 Å². The fourth-order valence-corrected chi connectivity index (χ4v) is 4.57. The van der Waals surface area contributed by atoms with Crippen LogP contribution in [-0.4, -0.2) is 64.0 Å². The summed E-state index contributed by atoms with van der Waals surface area (Å²) in [6.07, 6.45) is 2.77. The van der Waals surface area contributed by atoms with E-state index in [1.54, 1.807) is 35.4 Å². The summed E-state index contributed by atoms with van der Waals surface area (Å²) < 4.78 is 23.0. The maximum Gasteiger partial charge on any atom is 0.410 e. The van der Waals surface area contributed by atoms with E-state index < -0.39 is 11.7 Å². The lowest BCUT2D eigenvalue weighted by Crippen LogP contribution is -2.52. The third-order valence-corrected chi connectivity index (χ3v) is 6.65. The Bertz CT molecular complexity index is 1550. The molecule has 220 valence electrons. The summed E-state index contributed by atoms with van der Waals surface area (Å²) in [5.41, 5.74) is 8.32. The molecule has 12 heteroatoms. The number of benzene rings is 2. The molecular weight excluding hydrogens is 560 g/mol. The van der Waals surface area contributed by atoms with Crippen LogP contribution in [0.2, 0.25) is 5.02 Å². The van der Waals surface area contributed by atoms with Crippen molar-refractivity contribution in [1.82, 2.24) is 19.9 Å². The van der Waals surface area contributed by atoms with Crippen LogP contribution in [0.5, 0.6) is 11.5 Å². The molecule has 2 aromatic carbocycles. The van der Waals surface area contributed by atoms with Crippen molar-refractivity contribution in [2.75, 3.05) is 37.4 Å². The molecule has 1 unspecified atom stereocenters. The second-order valence-electron chi connectivity index (χ2n) is 10.7. The second kappa shape index (κ2) is 12.7. The Morgan fingerprint density at radius 2 is 1.98 bits per heavy atom. The highest BCUT2D eigenvalue weighted by atomic mass is 35.5. The molecule has 1 amide bonds. The minimum absolute atomic E-state index is 0.179. The van der Waals surface area contributed by atoms with Crippen molar-refractivity contribution in [2.45, 2.75) is 39.0 Å². The number of anilines is 3. The molecule has 0 aliphatic carbocycles. The summed E-state index contributed by atoms with van der Waals surface area (Å²) in [6.45, 7) is 7.17. The molecule has 1 aliphatic rings. The van der Waals surface area contributed by atoms with Crippen molar-refractivity contribution in [3.63, 3.8) is 0 Å². The van der Waals surface area contributed by atoms with E-state index in [0.717, 1.165) is 5.69 Å². The van der Waals surface area contributed by atoms with Crippen LogP contribution < -0.4 is 20.5 Å². The largest absolute Gasteiger partial charge is 0.489 e.